The zero-order valence-corrected chi connectivity index (χ0v) is 9.83. The number of carboxylic acids is 1. The molecule has 1 amide bonds. The second-order valence-electron chi connectivity index (χ2n) is 3.83. The van der Waals surface area contributed by atoms with E-state index in [9.17, 15) is 14.7 Å². The molecule has 6 heteroatoms. The number of carbonyl (C=O) groups is 2. The predicted molar refractivity (Wildman–Crippen MR) is 61.4 cm³/mol. The normalized spacial score (nSPS) is 16.3. The van der Waals surface area contributed by atoms with Crippen LogP contribution in [0.5, 0.6) is 5.75 Å². The highest BCUT2D eigenvalue weighted by atomic mass is 16.6. The maximum Gasteiger partial charge on any atom is 0.410 e. The molecule has 0 aromatic heterocycles. The van der Waals surface area contributed by atoms with Gasteiger partial charge >= 0.3 is 12.1 Å². The van der Waals surface area contributed by atoms with Gasteiger partial charge in [0, 0.05) is 0 Å². The van der Waals surface area contributed by atoms with Crippen molar-refractivity contribution < 1.29 is 24.2 Å². The van der Waals surface area contributed by atoms with E-state index >= 15 is 0 Å². The molecule has 1 aliphatic rings. The number of benzene rings is 1. The molecule has 18 heavy (non-hydrogen) atoms. The predicted octanol–water partition coefficient (Wildman–Crippen LogP) is 1.27. The van der Waals surface area contributed by atoms with Crippen LogP contribution in [0.4, 0.5) is 4.79 Å². The van der Waals surface area contributed by atoms with Gasteiger partial charge in [-0.2, -0.15) is 0 Å². The number of hydrogen-bond acceptors (Lipinski definition) is 4. The SMILES string of the molecule is COc1cccc(C(C(=O)O)N2CCOC2=O)c1. The van der Waals surface area contributed by atoms with Crippen LogP contribution < -0.4 is 4.74 Å². The summed E-state index contributed by atoms with van der Waals surface area (Å²) in [5.74, 6) is -0.548. The van der Waals surface area contributed by atoms with Crippen LogP contribution in [0.25, 0.3) is 0 Å². The molecule has 1 aromatic carbocycles. The third kappa shape index (κ3) is 2.22. The molecule has 6 nitrogen and oxygen atoms in total. The molecule has 1 aromatic rings. The molecule has 0 saturated carbocycles. The average Bonchev–Trinajstić information content (AvgIpc) is 2.76. The van der Waals surface area contributed by atoms with Crippen molar-refractivity contribution in [3.05, 3.63) is 29.8 Å². The molecular weight excluding hydrogens is 238 g/mol. The van der Waals surface area contributed by atoms with E-state index < -0.39 is 18.1 Å². The van der Waals surface area contributed by atoms with Crippen molar-refractivity contribution >= 4 is 12.1 Å². The van der Waals surface area contributed by atoms with Crippen LogP contribution in [0.15, 0.2) is 24.3 Å². The van der Waals surface area contributed by atoms with E-state index in [0.717, 1.165) is 0 Å². The van der Waals surface area contributed by atoms with Gasteiger partial charge < -0.3 is 14.6 Å². The highest BCUT2D eigenvalue weighted by Gasteiger charge is 2.35. The summed E-state index contributed by atoms with van der Waals surface area (Å²) >= 11 is 0. The first-order valence-electron chi connectivity index (χ1n) is 5.43. The summed E-state index contributed by atoms with van der Waals surface area (Å²) in [5, 5.41) is 9.28. The molecule has 96 valence electrons. The molecule has 1 aliphatic heterocycles. The van der Waals surface area contributed by atoms with E-state index in [1.54, 1.807) is 24.3 Å². The molecule has 1 N–H and O–H groups in total. The van der Waals surface area contributed by atoms with Gasteiger partial charge in [0.25, 0.3) is 0 Å². The van der Waals surface area contributed by atoms with E-state index in [0.29, 0.717) is 11.3 Å². The van der Waals surface area contributed by atoms with Gasteiger partial charge in [0.15, 0.2) is 6.04 Å². The number of methoxy groups -OCH3 is 1. The molecule has 0 spiro atoms. The first-order chi connectivity index (χ1) is 8.63. The van der Waals surface area contributed by atoms with Crippen LogP contribution in [0.1, 0.15) is 11.6 Å². The number of cyclic esters (lactones) is 1. The third-order valence-corrected chi connectivity index (χ3v) is 2.75. The van der Waals surface area contributed by atoms with Crippen molar-refractivity contribution in [1.82, 2.24) is 4.90 Å². The van der Waals surface area contributed by atoms with Crippen molar-refractivity contribution in [2.45, 2.75) is 6.04 Å². The summed E-state index contributed by atoms with van der Waals surface area (Å²) in [5.41, 5.74) is 0.487. The number of rotatable bonds is 4. The Morgan fingerprint density at radius 1 is 1.56 bits per heavy atom. The Labute approximate surface area is 104 Å². The Morgan fingerprint density at radius 3 is 2.89 bits per heavy atom. The summed E-state index contributed by atoms with van der Waals surface area (Å²) in [7, 11) is 1.50. The molecule has 0 aliphatic carbocycles. The summed E-state index contributed by atoms with van der Waals surface area (Å²) in [6.07, 6.45) is -0.606. The smallest absolute Gasteiger partial charge is 0.410 e. The molecule has 1 heterocycles. The quantitative estimate of drug-likeness (QED) is 0.872. The molecule has 0 bridgehead atoms. The minimum atomic E-state index is -1.10. The van der Waals surface area contributed by atoms with Gasteiger partial charge in [-0.1, -0.05) is 12.1 Å². The Bertz CT molecular complexity index is 473. The molecule has 1 fully saturated rings. The number of carbonyl (C=O) groups excluding carboxylic acids is 1. The highest BCUT2D eigenvalue weighted by molar-refractivity contribution is 5.82. The first kappa shape index (κ1) is 12.2. The zero-order valence-electron chi connectivity index (χ0n) is 9.83. The molecule has 2 rings (SSSR count). The fourth-order valence-corrected chi connectivity index (χ4v) is 1.91. The van der Waals surface area contributed by atoms with Gasteiger partial charge in [-0.25, -0.2) is 9.59 Å². The van der Waals surface area contributed by atoms with Crippen LogP contribution >= 0.6 is 0 Å². The standard InChI is InChI=1S/C12H13NO5/c1-17-9-4-2-3-8(7-9)10(11(14)15)13-5-6-18-12(13)16/h2-4,7,10H,5-6H2,1H3,(H,14,15). The van der Waals surface area contributed by atoms with Crippen molar-refractivity contribution in [1.29, 1.82) is 0 Å². The number of amides is 1. The van der Waals surface area contributed by atoms with E-state index in [4.69, 9.17) is 9.47 Å². The Morgan fingerprint density at radius 2 is 2.33 bits per heavy atom. The van der Waals surface area contributed by atoms with E-state index in [1.807, 2.05) is 0 Å². The Kier molecular flexibility index (Phi) is 3.36. The van der Waals surface area contributed by atoms with E-state index in [1.165, 1.54) is 12.0 Å². The highest BCUT2D eigenvalue weighted by Crippen LogP contribution is 2.26. The van der Waals surface area contributed by atoms with Gasteiger partial charge in [-0.3, -0.25) is 4.90 Å². The summed E-state index contributed by atoms with van der Waals surface area (Å²) in [4.78, 5) is 24.0. The second-order valence-corrected chi connectivity index (χ2v) is 3.83. The lowest BCUT2D eigenvalue weighted by molar-refractivity contribution is -0.142. The average molecular weight is 251 g/mol. The molecule has 0 radical (unpaired) electrons. The Balaban J connectivity index is 2.34. The molecule has 1 unspecified atom stereocenters. The lowest BCUT2D eigenvalue weighted by Crippen LogP contribution is -2.34. The number of hydrogen-bond donors (Lipinski definition) is 1. The van der Waals surface area contributed by atoms with Crippen molar-refractivity contribution in [3.63, 3.8) is 0 Å². The molecule has 1 saturated heterocycles. The van der Waals surface area contributed by atoms with Crippen molar-refractivity contribution in [2.24, 2.45) is 0 Å². The van der Waals surface area contributed by atoms with Crippen LogP contribution in [0.2, 0.25) is 0 Å². The molecule has 1 atom stereocenters. The first-order valence-corrected chi connectivity index (χ1v) is 5.43. The van der Waals surface area contributed by atoms with Gasteiger partial charge in [-0.05, 0) is 17.7 Å². The van der Waals surface area contributed by atoms with Crippen LogP contribution in [0, 0.1) is 0 Å². The van der Waals surface area contributed by atoms with Gasteiger partial charge in [0.1, 0.15) is 12.4 Å². The Hall–Kier alpha value is -2.24. The summed E-state index contributed by atoms with van der Waals surface area (Å²) < 4.78 is 9.81. The number of aliphatic carboxylic acids is 1. The fraction of sp³-hybridized carbons (Fsp3) is 0.333. The number of nitrogens with zero attached hydrogens (tertiary/aromatic N) is 1. The topological polar surface area (TPSA) is 76.1 Å². The van der Waals surface area contributed by atoms with E-state index in [-0.39, 0.29) is 13.2 Å². The lowest BCUT2D eigenvalue weighted by Gasteiger charge is -2.22. The lowest BCUT2D eigenvalue weighted by atomic mass is 10.1. The monoisotopic (exact) mass is 251 g/mol. The maximum atomic E-state index is 11.5. The number of ether oxygens (including phenoxy) is 2. The number of carboxylic acid groups (broad SMARTS) is 1. The summed E-state index contributed by atoms with van der Waals surface area (Å²) in [6, 6.07) is 5.60. The fourth-order valence-electron chi connectivity index (χ4n) is 1.91. The third-order valence-electron chi connectivity index (χ3n) is 2.75. The van der Waals surface area contributed by atoms with Gasteiger partial charge in [-0.15, -0.1) is 0 Å². The van der Waals surface area contributed by atoms with Crippen molar-refractivity contribution in [2.75, 3.05) is 20.3 Å². The van der Waals surface area contributed by atoms with E-state index in [2.05, 4.69) is 0 Å². The van der Waals surface area contributed by atoms with Gasteiger partial charge in [0.2, 0.25) is 0 Å². The zero-order chi connectivity index (χ0) is 13.1. The second kappa shape index (κ2) is 4.95. The maximum absolute atomic E-state index is 11.5. The van der Waals surface area contributed by atoms with Crippen LogP contribution in [0.3, 0.4) is 0 Å². The van der Waals surface area contributed by atoms with Gasteiger partial charge in [0.05, 0.1) is 13.7 Å². The van der Waals surface area contributed by atoms with Crippen LogP contribution in [-0.2, 0) is 9.53 Å². The molecular formula is C12H13NO5. The van der Waals surface area contributed by atoms with Crippen molar-refractivity contribution in [3.8, 4) is 5.75 Å². The summed E-state index contributed by atoms with van der Waals surface area (Å²) in [6.45, 7) is 0.486. The largest absolute Gasteiger partial charge is 0.497 e. The van der Waals surface area contributed by atoms with Crippen LogP contribution in [-0.4, -0.2) is 42.3 Å². The minimum absolute atomic E-state index is 0.215. The minimum Gasteiger partial charge on any atom is -0.497 e.